The van der Waals surface area contributed by atoms with Crippen LogP contribution < -0.4 is 0 Å². The van der Waals surface area contributed by atoms with Gasteiger partial charge in [-0.15, -0.1) is 0 Å². The minimum absolute atomic E-state index is 0.155. The highest BCUT2D eigenvalue weighted by Crippen LogP contribution is 2.25. The zero-order chi connectivity index (χ0) is 18.1. The summed E-state index contributed by atoms with van der Waals surface area (Å²) < 4.78 is 17.7. The van der Waals surface area contributed by atoms with Crippen molar-refractivity contribution < 1.29 is 18.7 Å². The molecule has 128 valence electrons. The molecule has 0 heterocycles. The van der Waals surface area contributed by atoms with Gasteiger partial charge in [0.15, 0.2) is 0 Å². The first kappa shape index (κ1) is 20.0. The first-order chi connectivity index (χ1) is 11.6. The summed E-state index contributed by atoms with van der Waals surface area (Å²) in [6.45, 7) is 5.80. The number of rotatable bonds is 5. The number of Topliss-reactive ketones (excluding diaryl/α,β-unsaturated/α-hetero) is 1. The minimum atomic E-state index is -0.862. The summed E-state index contributed by atoms with van der Waals surface area (Å²) in [6, 6.07) is 11.2. The first-order valence-electron chi connectivity index (χ1n) is 7.73. The Kier molecular flexibility index (Phi) is 8.33. The van der Waals surface area contributed by atoms with E-state index in [1.807, 2.05) is 13.8 Å². The van der Waals surface area contributed by atoms with E-state index in [0.29, 0.717) is 16.5 Å². The van der Waals surface area contributed by atoms with E-state index in [-0.39, 0.29) is 12.4 Å². The van der Waals surface area contributed by atoms with Gasteiger partial charge in [-0.05, 0) is 47.9 Å². The van der Waals surface area contributed by atoms with Crippen LogP contribution in [0.2, 0.25) is 0 Å². The second kappa shape index (κ2) is 9.98. The number of carbonyl (C=O) groups is 2. The number of hydrogen-bond donors (Lipinski definition) is 0. The molecule has 0 atom stereocenters. The lowest BCUT2D eigenvalue weighted by atomic mass is 9.98. The van der Waals surface area contributed by atoms with Crippen LogP contribution in [0.25, 0.3) is 11.1 Å². The highest BCUT2D eigenvalue weighted by Gasteiger charge is 2.20. The molecular weight excluding hydrogens is 375 g/mol. The topological polar surface area (TPSA) is 43.4 Å². The Bertz CT molecular complexity index is 696. The number of hydrogen-bond acceptors (Lipinski definition) is 3. The Morgan fingerprint density at radius 3 is 2.17 bits per heavy atom. The van der Waals surface area contributed by atoms with Crippen molar-refractivity contribution in [1.29, 1.82) is 0 Å². The van der Waals surface area contributed by atoms with Crippen molar-refractivity contribution in [3.05, 3.63) is 59.4 Å². The van der Waals surface area contributed by atoms with Gasteiger partial charge in [0.25, 0.3) is 5.78 Å². The Hall–Kier alpha value is -2.01. The summed E-state index contributed by atoms with van der Waals surface area (Å²) in [7, 11) is 0. The van der Waals surface area contributed by atoms with Crippen molar-refractivity contribution >= 4 is 27.7 Å². The van der Waals surface area contributed by atoms with Gasteiger partial charge < -0.3 is 4.74 Å². The van der Waals surface area contributed by atoms with Crippen molar-refractivity contribution in [3.63, 3.8) is 0 Å². The Balaban J connectivity index is 0.00000139. The maximum atomic E-state index is 13.0. The minimum Gasteiger partial charge on any atom is -0.460 e. The molecule has 0 fully saturated rings. The maximum Gasteiger partial charge on any atom is 0.379 e. The van der Waals surface area contributed by atoms with Gasteiger partial charge in [0.05, 0.1) is 6.61 Å². The molecule has 2 aromatic rings. The molecule has 0 bridgehead atoms. The third kappa shape index (κ3) is 4.99. The lowest BCUT2D eigenvalue weighted by Crippen LogP contribution is -2.18. The molecule has 0 unspecified atom stereocenters. The van der Waals surface area contributed by atoms with Gasteiger partial charge >= 0.3 is 5.97 Å². The zero-order valence-electron chi connectivity index (χ0n) is 13.9. The average Bonchev–Trinajstić information content (AvgIpc) is 2.63. The van der Waals surface area contributed by atoms with Gasteiger partial charge in [-0.25, -0.2) is 9.18 Å². The number of carbonyl (C=O) groups excluding carboxylic acids is 2. The van der Waals surface area contributed by atoms with Crippen molar-refractivity contribution in [1.82, 2.24) is 0 Å². The summed E-state index contributed by atoms with van der Waals surface area (Å²) in [4.78, 5) is 23.6. The number of esters is 1. The second-order valence-corrected chi connectivity index (χ2v) is 5.12. The quantitative estimate of drug-likeness (QED) is 0.304. The van der Waals surface area contributed by atoms with Crippen LogP contribution in [-0.4, -0.2) is 18.4 Å². The molecule has 2 aromatic carbocycles. The average molecular weight is 395 g/mol. The third-order valence-corrected chi connectivity index (χ3v) is 3.74. The fourth-order valence-electron chi connectivity index (χ4n) is 2.05. The second-order valence-electron chi connectivity index (χ2n) is 4.56. The van der Waals surface area contributed by atoms with Crippen LogP contribution in [0.3, 0.4) is 0 Å². The molecule has 2 rings (SSSR count). The van der Waals surface area contributed by atoms with Crippen LogP contribution in [0, 0.1) is 5.82 Å². The predicted octanol–water partition coefficient (Wildman–Crippen LogP) is 5.16. The van der Waals surface area contributed by atoms with Crippen LogP contribution in [0.4, 0.5) is 4.39 Å². The molecule has 0 aliphatic rings. The van der Waals surface area contributed by atoms with E-state index < -0.39 is 11.8 Å². The first-order valence-corrected chi connectivity index (χ1v) is 8.85. The molecule has 3 nitrogen and oxygen atoms in total. The molecule has 0 amide bonds. The lowest BCUT2D eigenvalue weighted by molar-refractivity contribution is -0.137. The number of halogens is 2. The zero-order valence-corrected chi connectivity index (χ0v) is 15.5. The molecular formula is C19H20BrFO3. The van der Waals surface area contributed by atoms with Gasteiger partial charge in [-0.1, -0.05) is 48.0 Å². The summed E-state index contributed by atoms with van der Waals surface area (Å²) in [5.74, 6) is -1.83. The standard InChI is InChI=1S/C17H14BrFO3.C2H6/c1-2-22-17(21)16(20)15-8-5-12(9-13(15)10-18)11-3-6-14(19)7-4-11;1-2/h3-9H,2,10H2,1H3;1-2H3. The molecule has 0 spiro atoms. The van der Waals surface area contributed by atoms with E-state index in [2.05, 4.69) is 15.9 Å². The molecule has 0 N–H and O–H groups in total. The Morgan fingerprint density at radius 1 is 1.04 bits per heavy atom. The summed E-state index contributed by atoms with van der Waals surface area (Å²) in [5, 5.41) is 0.419. The van der Waals surface area contributed by atoms with Gasteiger partial charge in [-0.2, -0.15) is 0 Å². The van der Waals surface area contributed by atoms with Gasteiger partial charge in [0.2, 0.25) is 0 Å². The van der Waals surface area contributed by atoms with Crippen LogP contribution in [0.5, 0.6) is 0 Å². The van der Waals surface area contributed by atoms with Crippen LogP contribution in [-0.2, 0) is 14.9 Å². The highest BCUT2D eigenvalue weighted by molar-refractivity contribution is 9.08. The van der Waals surface area contributed by atoms with E-state index >= 15 is 0 Å². The number of benzene rings is 2. The van der Waals surface area contributed by atoms with E-state index in [4.69, 9.17) is 4.74 Å². The molecule has 5 heteroatoms. The molecule has 0 aromatic heterocycles. The van der Waals surface area contributed by atoms with Crippen molar-refractivity contribution in [2.24, 2.45) is 0 Å². The lowest BCUT2D eigenvalue weighted by Gasteiger charge is -2.09. The normalized spacial score (nSPS) is 9.71. The molecule has 0 radical (unpaired) electrons. The molecule has 0 saturated heterocycles. The Labute approximate surface area is 150 Å². The molecule has 0 saturated carbocycles. The Morgan fingerprint density at radius 2 is 1.62 bits per heavy atom. The number of alkyl halides is 1. The fraction of sp³-hybridized carbons (Fsp3) is 0.263. The van der Waals surface area contributed by atoms with E-state index in [1.165, 1.54) is 12.1 Å². The highest BCUT2D eigenvalue weighted by atomic mass is 79.9. The summed E-state index contributed by atoms with van der Waals surface area (Å²) >= 11 is 3.32. The molecule has 0 aliphatic carbocycles. The largest absolute Gasteiger partial charge is 0.460 e. The predicted molar refractivity (Wildman–Crippen MR) is 96.8 cm³/mol. The van der Waals surface area contributed by atoms with Crippen LogP contribution >= 0.6 is 15.9 Å². The van der Waals surface area contributed by atoms with Crippen molar-refractivity contribution in [3.8, 4) is 11.1 Å². The van der Waals surface area contributed by atoms with Gasteiger partial charge in [0, 0.05) is 10.9 Å². The van der Waals surface area contributed by atoms with Crippen molar-refractivity contribution in [2.75, 3.05) is 6.61 Å². The monoisotopic (exact) mass is 394 g/mol. The summed E-state index contributed by atoms with van der Waals surface area (Å²) in [6.07, 6.45) is 0. The van der Waals surface area contributed by atoms with E-state index in [1.54, 1.807) is 37.3 Å². The summed E-state index contributed by atoms with van der Waals surface area (Å²) in [5.41, 5.74) is 2.66. The van der Waals surface area contributed by atoms with Gasteiger partial charge in [-0.3, -0.25) is 4.79 Å². The fourth-order valence-corrected chi connectivity index (χ4v) is 2.52. The maximum absolute atomic E-state index is 13.0. The number of ketones is 1. The SMILES string of the molecule is CC.CCOC(=O)C(=O)c1ccc(-c2ccc(F)cc2)cc1CBr. The van der Waals surface area contributed by atoms with E-state index in [9.17, 15) is 14.0 Å². The van der Waals surface area contributed by atoms with Crippen LogP contribution in [0.1, 0.15) is 36.7 Å². The number of ether oxygens (including phenoxy) is 1. The smallest absolute Gasteiger partial charge is 0.379 e. The van der Waals surface area contributed by atoms with E-state index in [0.717, 1.165) is 11.1 Å². The third-order valence-electron chi connectivity index (χ3n) is 3.13. The van der Waals surface area contributed by atoms with Crippen molar-refractivity contribution in [2.45, 2.75) is 26.1 Å². The molecule has 24 heavy (non-hydrogen) atoms. The molecule has 0 aliphatic heterocycles. The van der Waals surface area contributed by atoms with Gasteiger partial charge in [0.1, 0.15) is 5.82 Å². The van der Waals surface area contributed by atoms with Crippen LogP contribution in [0.15, 0.2) is 42.5 Å².